The second-order valence-electron chi connectivity index (χ2n) is 4.61. The summed E-state index contributed by atoms with van der Waals surface area (Å²) >= 11 is 0. The molecule has 0 saturated heterocycles. The molecule has 0 radical (unpaired) electrons. The van der Waals surface area contributed by atoms with Gasteiger partial charge < -0.3 is 5.32 Å². The van der Waals surface area contributed by atoms with Crippen molar-refractivity contribution in [1.82, 2.24) is 20.2 Å². The van der Waals surface area contributed by atoms with Gasteiger partial charge in [0.25, 0.3) is 0 Å². The Morgan fingerprint density at radius 2 is 2.26 bits per heavy atom. The molecule has 0 saturated carbocycles. The molecule has 0 aliphatic rings. The van der Waals surface area contributed by atoms with Crippen molar-refractivity contribution in [2.75, 3.05) is 5.32 Å². The van der Waals surface area contributed by atoms with Crippen molar-refractivity contribution < 1.29 is 4.39 Å². The molecule has 1 heterocycles. The van der Waals surface area contributed by atoms with Crippen molar-refractivity contribution >= 4 is 5.69 Å². The zero-order chi connectivity index (χ0) is 13.7. The highest BCUT2D eigenvalue weighted by Gasteiger charge is 2.08. The fraction of sp³-hybridized carbons (Fsp3) is 0.462. The second kappa shape index (κ2) is 6.26. The van der Waals surface area contributed by atoms with E-state index in [2.05, 4.69) is 34.7 Å². The van der Waals surface area contributed by atoms with E-state index >= 15 is 0 Å². The molecule has 2 aromatic rings. The van der Waals surface area contributed by atoms with E-state index in [4.69, 9.17) is 0 Å². The highest BCUT2D eigenvalue weighted by molar-refractivity contribution is 5.52. The van der Waals surface area contributed by atoms with Crippen LogP contribution in [0.25, 0.3) is 5.69 Å². The lowest BCUT2D eigenvalue weighted by atomic mass is 10.1. The predicted octanol–water partition coefficient (Wildman–Crippen LogP) is 2.79. The van der Waals surface area contributed by atoms with Gasteiger partial charge in [0.1, 0.15) is 12.1 Å². The Bertz CT molecular complexity index is 512. The Morgan fingerprint density at radius 1 is 1.42 bits per heavy atom. The molecular formula is C13H18FN5. The van der Waals surface area contributed by atoms with Crippen molar-refractivity contribution in [1.29, 1.82) is 0 Å². The number of halogens is 1. The maximum Gasteiger partial charge on any atom is 0.146 e. The Kier molecular flexibility index (Phi) is 4.43. The third kappa shape index (κ3) is 3.49. The summed E-state index contributed by atoms with van der Waals surface area (Å²) in [6.07, 6.45) is 4.77. The SMILES string of the molecule is CCCCC(C)Nc1cc(-n2cnnn2)ccc1F. The summed E-state index contributed by atoms with van der Waals surface area (Å²) in [5.74, 6) is -0.264. The minimum Gasteiger partial charge on any atom is -0.380 e. The molecule has 0 aliphatic carbocycles. The van der Waals surface area contributed by atoms with E-state index in [1.807, 2.05) is 0 Å². The van der Waals surface area contributed by atoms with Crippen LogP contribution in [0.15, 0.2) is 24.5 Å². The molecule has 1 aromatic carbocycles. The number of anilines is 1. The maximum atomic E-state index is 13.8. The van der Waals surface area contributed by atoms with Gasteiger partial charge in [-0.3, -0.25) is 0 Å². The summed E-state index contributed by atoms with van der Waals surface area (Å²) in [4.78, 5) is 0. The van der Waals surface area contributed by atoms with Gasteiger partial charge in [-0.15, -0.1) is 5.10 Å². The Hall–Kier alpha value is -1.98. The first-order valence-corrected chi connectivity index (χ1v) is 6.50. The molecule has 0 aliphatic heterocycles. The van der Waals surface area contributed by atoms with Gasteiger partial charge in [-0.2, -0.15) is 0 Å². The average molecular weight is 263 g/mol. The first-order valence-electron chi connectivity index (χ1n) is 6.50. The number of rotatable bonds is 6. The highest BCUT2D eigenvalue weighted by atomic mass is 19.1. The van der Waals surface area contributed by atoms with E-state index in [1.165, 1.54) is 17.1 Å². The Labute approximate surface area is 111 Å². The quantitative estimate of drug-likeness (QED) is 0.870. The minimum absolute atomic E-state index is 0.235. The minimum atomic E-state index is -0.264. The molecule has 0 fully saturated rings. The third-order valence-electron chi connectivity index (χ3n) is 2.96. The van der Waals surface area contributed by atoms with Gasteiger partial charge in [-0.25, -0.2) is 9.07 Å². The van der Waals surface area contributed by atoms with Crippen LogP contribution >= 0.6 is 0 Å². The fourth-order valence-corrected chi connectivity index (χ4v) is 1.89. The van der Waals surface area contributed by atoms with Gasteiger partial charge in [0.05, 0.1) is 11.4 Å². The van der Waals surface area contributed by atoms with Crippen LogP contribution < -0.4 is 5.32 Å². The lowest BCUT2D eigenvalue weighted by Crippen LogP contribution is -2.16. The summed E-state index contributed by atoms with van der Waals surface area (Å²) in [6.45, 7) is 4.20. The van der Waals surface area contributed by atoms with Crippen LogP contribution in [0.4, 0.5) is 10.1 Å². The van der Waals surface area contributed by atoms with Crippen LogP contribution in [-0.2, 0) is 0 Å². The predicted molar refractivity (Wildman–Crippen MR) is 71.7 cm³/mol. The summed E-state index contributed by atoms with van der Waals surface area (Å²) in [7, 11) is 0. The summed E-state index contributed by atoms with van der Waals surface area (Å²) < 4.78 is 15.3. The number of hydrogen-bond donors (Lipinski definition) is 1. The molecule has 5 nitrogen and oxygen atoms in total. The van der Waals surface area contributed by atoms with Crippen molar-refractivity contribution in [3.8, 4) is 5.69 Å². The Morgan fingerprint density at radius 3 is 2.95 bits per heavy atom. The van der Waals surface area contributed by atoms with Gasteiger partial charge in [-0.05, 0) is 42.0 Å². The first-order chi connectivity index (χ1) is 9.20. The van der Waals surface area contributed by atoms with E-state index in [-0.39, 0.29) is 11.9 Å². The molecule has 0 spiro atoms. The van der Waals surface area contributed by atoms with Gasteiger partial charge in [0.15, 0.2) is 0 Å². The van der Waals surface area contributed by atoms with Crippen LogP contribution in [0.2, 0.25) is 0 Å². The third-order valence-corrected chi connectivity index (χ3v) is 2.96. The van der Waals surface area contributed by atoms with E-state index < -0.39 is 0 Å². The molecule has 1 atom stereocenters. The molecule has 0 bridgehead atoms. The van der Waals surface area contributed by atoms with Crippen LogP contribution in [0.5, 0.6) is 0 Å². The van der Waals surface area contributed by atoms with Gasteiger partial charge in [-0.1, -0.05) is 19.8 Å². The molecule has 0 amide bonds. The summed E-state index contributed by atoms with van der Waals surface area (Å²) in [5, 5.41) is 14.1. The van der Waals surface area contributed by atoms with E-state index in [0.29, 0.717) is 5.69 Å². The smallest absolute Gasteiger partial charge is 0.146 e. The topological polar surface area (TPSA) is 55.6 Å². The summed E-state index contributed by atoms with van der Waals surface area (Å²) in [6, 6.07) is 5.02. The standard InChI is InChI=1S/C13H18FN5/c1-3-4-5-10(2)16-13-8-11(6-7-12(13)14)19-9-15-17-18-19/h6-10,16H,3-5H2,1-2H3. The fourth-order valence-electron chi connectivity index (χ4n) is 1.89. The normalized spacial score (nSPS) is 12.4. The lowest BCUT2D eigenvalue weighted by molar-refractivity contribution is 0.611. The molecule has 6 heteroatoms. The molecule has 102 valence electrons. The van der Waals surface area contributed by atoms with Gasteiger partial charge >= 0.3 is 0 Å². The van der Waals surface area contributed by atoms with Crippen molar-refractivity contribution in [3.05, 3.63) is 30.3 Å². The molecule has 1 aromatic heterocycles. The van der Waals surface area contributed by atoms with Crippen molar-refractivity contribution in [3.63, 3.8) is 0 Å². The van der Waals surface area contributed by atoms with Crippen LogP contribution in [0.3, 0.4) is 0 Å². The zero-order valence-corrected chi connectivity index (χ0v) is 11.2. The van der Waals surface area contributed by atoms with E-state index in [0.717, 1.165) is 24.9 Å². The first kappa shape index (κ1) is 13.5. The average Bonchev–Trinajstić information content (AvgIpc) is 2.93. The maximum absolute atomic E-state index is 13.8. The molecule has 1 unspecified atom stereocenters. The molecular weight excluding hydrogens is 245 g/mol. The zero-order valence-electron chi connectivity index (χ0n) is 11.2. The lowest BCUT2D eigenvalue weighted by Gasteiger charge is -2.16. The van der Waals surface area contributed by atoms with E-state index in [1.54, 1.807) is 12.1 Å². The molecule has 19 heavy (non-hydrogen) atoms. The number of unbranched alkanes of at least 4 members (excludes halogenated alkanes) is 1. The highest BCUT2D eigenvalue weighted by Crippen LogP contribution is 2.20. The molecule has 1 N–H and O–H groups in total. The van der Waals surface area contributed by atoms with Crippen molar-refractivity contribution in [2.45, 2.75) is 39.2 Å². The number of aromatic nitrogens is 4. The van der Waals surface area contributed by atoms with Gasteiger partial charge in [0, 0.05) is 6.04 Å². The molecule has 2 rings (SSSR count). The van der Waals surface area contributed by atoms with Crippen LogP contribution in [-0.4, -0.2) is 26.2 Å². The largest absolute Gasteiger partial charge is 0.380 e. The van der Waals surface area contributed by atoms with E-state index in [9.17, 15) is 4.39 Å². The van der Waals surface area contributed by atoms with Crippen LogP contribution in [0, 0.1) is 5.82 Å². The number of benzene rings is 1. The monoisotopic (exact) mass is 263 g/mol. The number of nitrogens with one attached hydrogen (secondary N) is 1. The Balaban J connectivity index is 2.13. The van der Waals surface area contributed by atoms with Crippen molar-refractivity contribution in [2.24, 2.45) is 0 Å². The number of hydrogen-bond acceptors (Lipinski definition) is 4. The van der Waals surface area contributed by atoms with Crippen LogP contribution in [0.1, 0.15) is 33.1 Å². The number of tetrazole rings is 1. The number of nitrogens with zero attached hydrogens (tertiary/aromatic N) is 4. The summed E-state index contributed by atoms with van der Waals surface area (Å²) in [5.41, 5.74) is 1.22. The second-order valence-corrected chi connectivity index (χ2v) is 4.61. The van der Waals surface area contributed by atoms with Gasteiger partial charge in [0.2, 0.25) is 0 Å².